The van der Waals surface area contributed by atoms with Gasteiger partial charge in [-0.15, -0.1) is 11.3 Å². The summed E-state index contributed by atoms with van der Waals surface area (Å²) in [6.45, 7) is 1.91. The van der Waals surface area contributed by atoms with Gasteiger partial charge >= 0.3 is 0 Å². The maximum absolute atomic E-state index is 13.2. The lowest BCUT2D eigenvalue weighted by Gasteiger charge is -2.31. The average Bonchev–Trinajstić information content (AvgIpc) is 3.52. The third-order valence-corrected chi connectivity index (χ3v) is 6.72. The summed E-state index contributed by atoms with van der Waals surface area (Å²) >= 11 is 1.51. The monoisotopic (exact) mass is 459 g/mol. The summed E-state index contributed by atoms with van der Waals surface area (Å²) in [5, 5.41) is 4.98. The van der Waals surface area contributed by atoms with Crippen LogP contribution in [-0.2, 0) is 22.7 Å². The molecule has 1 aliphatic heterocycles. The Labute approximate surface area is 196 Å². The normalized spacial score (nSPS) is 14.5. The molecule has 0 atom stereocenters. The number of fused-ring (bicyclic) bond motifs is 1. The molecule has 5 rings (SSSR count). The van der Waals surface area contributed by atoms with E-state index >= 15 is 0 Å². The molecule has 1 saturated heterocycles. The minimum Gasteiger partial charge on any atom is -0.352 e. The molecular formula is C25H25N5O2S. The van der Waals surface area contributed by atoms with E-state index in [4.69, 9.17) is 4.98 Å². The number of benzene rings is 2. The molecule has 0 saturated carbocycles. The van der Waals surface area contributed by atoms with Gasteiger partial charge in [0, 0.05) is 30.9 Å². The summed E-state index contributed by atoms with van der Waals surface area (Å²) in [5.74, 6) is 0.758. The van der Waals surface area contributed by atoms with Crippen molar-refractivity contribution in [3.05, 3.63) is 71.1 Å². The molecule has 0 unspecified atom stereocenters. The lowest BCUT2D eigenvalue weighted by atomic mass is 9.95. The lowest BCUT2D eigenvalue weighted by Crippen LogP contribution is -2.44. The van der Waals surface area contributed by atoms with E-state index in [1.54, 1.807) is 5.51 Å². The first kappa shape index (κ1) is 21.3. The van der Waals surface area contributed by atoms with E-state index in [0.717, 1.165) is 22.3 Å². The number of carbonyl (C=O) groups excluding carboxylic acids is 2. The Hall–Kier alpha value is -3.52. The summed E-state index contributed by atoms with van der Waals surface area (Å²) in [6.07, 6.45) is 1.35. The zero-order chi connectivity index (χ0) is 22.6. The predicted octanol–water partition coefficient (Wildman–Crippen LogP) is 3.71. The van der Waals surface area contributed by atoms with E-state index in [0.29, 0.717) is 38.3 Å². The summed E-state index contributed by atoms with van der Waals surface area (Å²) in [5.41, 5.74) is 5.40. The molecule has 2 aromatic carbocycles. The molecule has 0 bridgehead atoms. The van der Waals surface area contributed by atoms with Crippen LogP contribution in [0.5, 0.6) is 0 Å². The van der Waals surface area contributed by atoms with Crippen molar-refractivity contribution in [3.8, 4) is 11.5 Å². The topological polar surface area (TPSA) is 80.1 Å². The number of rotatable bonds is 6. The van der Waals surface area contributed by atoms with Crippen LogP contribution in [-0.4, -0.2) is 44.3 Å². The van der Waals surface area contributed by atoms with E-state index < -0.39 is 0 Å². The number of piperidine rings is 1. The molecule has 168 valence electrons. The first-order valence-corrected chi connectivity index (χ1v) is 12.1. The summed E-state index contributed by atoms with van der Waals surface area (Å²) < 4.78 is 1.95. The van der Waals surface area contributed by atoms with Gasteiger partial charge in [0.2, 0.25) is 11.8 Å². The molecule has 2 aromatic heterocycles. The second-order valence-electron chi connectivity index (χ2n) is 8.24. The number of carbonyl (C=O) groups is 2. The van der Waals surface area contributed by atoms with Crippen molar-refractivity contribution in [2.45, 2.75) is 25.9 Å². The maximum Gasteiger partial charge on any atom is 0.242 e. The molecule has 1 N–H and O–H groups in total. The molecular weight excluding hydrogens is 434 g/mol. The van der Waals surface area contributed by atoms with E-state index in [1.165, 1.54) is 11.3 Å². The number of aromatic nitrogens is 3. The highest BCUT2D eigenvalue weighted by Gasteiger charge is 2.28. The average molecular weight is 460 g/mol. The van der Waals surface area contributed by atoms with Gasteiger partial charge in [0.15, 0.2) is 5.82 Å². The van der Waals surface area contributed by atoms with Crippen molar-refractivity contribution in [1.29, 1.82) is 0 Å². The standard InChI is InChI=1S/C25H25N5O2S/c31-23(15-30-22-9-5-4-8-20(22)28-24(30)21-16-33-17-27-21)29-12-10-19(11-13-29)25(32)26-14-18-6-2-1-3-7-18/h1-9,16-17,19H,10-15H2,(H,26,32). The van der Waals surface area contributed by atoms with E-state index in [-0.39, 0.29) is 24.3 Å². The zero-order valence-electron chi connectivity index (χ0n) is 18.2. The SMILES string of the molecule is O=C(NCc1ccccc1)C1CCN(C(=O)Cn2c(-c3cscn3)nc3ccccc32)CC1. The summed E-state index contributed by atoms with van der Waals surface area (Å²) in [6, 6.07) is 17.7. The minimum absolute atomic E-state index is 0.0396. The lowest BCUT2D eigenvalue weighted by molar-refractivity contribution is -0.136. The highest BCUT2D eigenvalue weighted by molar-refractivity contribution is 7.07. The molecule has 3 heterocycles. The number of thiazole rings is 1. The quantitative estimate of drug-likeness (QED) is 0.477. The number of hydrogen-bond donors (Lipinski definition) is 1. The highest BCUT2D eigenvalue weighted by Crippen LogP contribution is 2.25. The van der Waals surface area contributed by atoms with Crippen molar-refractivity contribution in [2.24, 2.45) is 5.92 Å². The van der Waals surface area contributed by atoms with Gasteiger partial charge in [-0.25, -0.2) is 9.97 Å². The Morgan fingerprint density at radius 2 is 1.79 bits per heavy atom. The largest absolute Gasteiger partial charge is 0.352 e. The molecule has 7 nitrogen and oxygen atoms in total. The Morgan fingerprint density at radius 1 is 1.03 bits per heavy atom. The highest BCUT2D eigenvalue weighted by atomic mass is 32.1. The second kappa shape index (κ2) is 9.54. The molecule has 1 fully saturated rings. The molecule has 8 heteroatoms. The van der Waals surface area contributed by atoms with Crippen molar-refractivity contribution in [1.82, 2.24) is 24.8 Å². The fourth-order valence-electron chi connectivity index (χ4n) is 4.31. The van der Waals surface area contributed by atoms with Gasteiger partial charge < -0.3 is 14.8 Å². The van der Waals surface area contributed by atoms with Gasteiger partial charge in [0.25, 0.3) is 0 Å². The minimum atomic E-state index is -0.0580. The molecule has 0 spiro atoms. The van der Waals surface area contributed by atoms with E-state index in [9.17, 15) is 9.59 Å². The second-order valence-corrected chi connectivity index (χ2v) is 8.96. The molecule has 4 aromatic rings. The van der Waals surface area contributed by atoms with Crippen LogP contribution in [0.2, 0.25) is 0 Å². The van der Waals surface area contributed by atoms with Gasteiger partial charge in [0.1, 0.15) is 12.2 Å². The number of imidazole rings is 1. The number of amides is 2. The smallest absolute Gasteiger partial charge is 0.242 e. The molecule has 0 aliphatic carbocycles. The van der Waals surface area contributed by atoms with Crippen molar-refractivity contribution in [2.75, 3.05) is 13.1 Å². The van der Waals surface area contributed by atoms with Crippen LogP contribution in [0.1, 0.15) is 18.4 Å². The van der Waals surface area contributed by atoms with Crippen LogP contribution >= 0.6 is 11.3 Å². The fourth-order valence-corrected chi connectivity index (χ4v) is 4.84. The third-order valence-electron chi connectivity index (χ3n) is 6.14. The summed E-state index contributed by atoms with van der Waals surface area (Å²) in [4.78, 5) is 36.7. The first-order valence-electron chi connectivity index (χ1n) is 11.1. The van der Waals surface area contributed by atoms with Crippen LogP contribution in [0.3, 0.4) is 0 Å². The van der Waals surface area contributed by atoms with Gasteiger partial charge in [0.05, 0.1) is 16.5 Å². The Bertz CT molecular complexity index is 1240. The van der Waals surface area contributed by atoms with Crippen LogP contribution in [0.4, 0.5) is 0 Å². The van der Waals surface area contributed by atoms with Gasteiger partial charge in [-0.05, 0) is 30.5 Å². The number of nitrogens with one attached hydrogen (secondary N) is 1. The molecule has 33 heavy (non-hydrogen) atoms. The predicted molar refractivity (Wildman–Crippen MR) is 128 cm³/mol. The number of nitrogens with zero attached hydrogens (tertiary/aromatic N) is 4. The van der Waals surface area contributed by atoms with E-state index in [2.05, 4.69) is 10.3 Å². The van der Waals surface area contributed by atoms with Crippen molar-refractivity contribution < 1.29 is 9.59 Å². The fraction of sp³-hybridized carbons (Fsp3) is 0.280. The number of likely N-dealkylation sites (tertiary alicyclic amines) is 1. The Balaban J connectivity index is 1.22. The Kier molecular flexibility index (Phi) is 6.17. The third kappa shape index (κ3) is 4.66. The van der Waals surface area contributed by atoms with Crippen LogP contribution < -0.4 is 5.32 Å². The van der Waals surface area contributed by atoms with Crippen molar-refractivity contribution in [3.63, 3.8) is 0 Å². The van der Waals surface area contributed by atoms with Crippen molar-refractivity contribution >= 4 is 34.2 Å². The summed E-state index contributed by atoms with van der Waals surface area (Å²) in [7, 11) is 0. The molecule has 2 amide bonds. The Morgan fingerprint density at radius 3 is 2.55 bits per heavy atom. The van der Waals surface area contributed by atoms with Crippen LogP contribution in [0.25, 0.3) is 22.6 Å². The molecule has 0 radical (unpaired) electrons. The number of para-hydroxylation sites is 2. The zero-order valence-corrected chi connectivity index (χ0v) is 19.0. The van der Waals surface area contributed by atoms with Crippen LogP contribution in [0.15, 0.2) is 65.5 Å². The first-order chi connectivity index (χ1) is 16.2. The van der Waals surface area contributed by atoms with Gasteiger partial charge in [-0.3, -0.25) is 9.59 Å². The maximum atomic E-state index is 13.2. The number of hydrogen-bond acceptors (Lipinski definition) is 5. The van der Waals surface area contributed by atoms with Gasteiger partial charge in [-0.2, -0.15) is 0 Å². The van der Waals surface area contributed by atoms with Gasteiger partial charge in [-0.1, -0.05) is 42.5 Å². The van der Waals surface area contributed by atoms with E-state index in [1.807, 2.05) is 69.4 Å². The van der Waals surface area contributed by atoms with Crippen LogP contribution in [0, 0.1) is 5.92 Å². The molecule has 1 aliphatic rings.